The highest BCUT2D eigenvalue weighted by Gasteiger charge is 2.29. The fourth-order valence-corrected chi connectivity index (χ4v) is 2.19. The third kappa shape index (κ3) is 7.63. The summed E-state index contributed by atoms with van der Waals surface area (Å²) in [5, 5.41) is 2.58. The van der Waals surface area contributed by atoms with Crippen molar-refractivity contribution in [2.75, 3.05) is 12.8 Å². The van der Waals surface area contributed by atoms with Crippen LogP contribution in [0.4, 0.5) is 10.5 Å². The Morgan fingerprint density at radius 3 is 2.15 bits per heavy atom. The van der Waals surface area contributed by atoms with E-state index in [0.29, 0.717) is 17.0 Å². The molecule has 0 fully saturated rings. The quantitative estimate of drug-likeness (QED) is 0.614. The number of nitrogens with two attached hydrogens (primary N) is 1. The van der Waals surface area contributed by atoms with Crippen LogP contribution in [-0.4, -0.2) is 36.4 Å². The van der Waals surface area contributed by atoms with Gasteiger partial charge in [-0.2, -0.15) is 0 Å². The Morgan fingerprint density at radius 1 is 1.08 bits per heavy atom. The molecule has 3 N–H and O–H groups in total. The summed E-state index contributed by atoms with van der Waals surface area (Å²) in [6.45, 7) is 10.5. The second kappa shape index (κ2) is 8.29. The van der Waals surface area contributed by atoms with E-state index in [0.717, 1.165) is 0 Å². The summed E-state index contributed by atoms with van der Waals surface area (Å²) in [6.07, 6.45) is -0.543. The lowest BCUT2D eigenvalue weighted by atomic mass is 10.0. The minimum absolute atomic E-state index is 0.155. The van der Waals surface area contributed by atoms with Crippen LogP contribution in [0.2, 0.25) is 0 Å². The number of carbonyl (C=O) groups is 2. The molecule has 0 heterocycles. The Hall–Kier alpha value is -2.44. The van der Waals surface area contributed by atoms with Gasteiger partial charge in [-0.15, -0.1) is 0 Å². The van der Waals surface area contributed by atoms with Gasteiger partial charge in [0, 0.05) is 12.1 Å². The van der Waals surface area contributed by atoms with Gasteiger partial charge in [-0.3, -0.25) is 0 Å². The first-order valence-electron chi connectivity index (χ1n) is 8.45. The Labute approximate surface area is 155 Å². The lowest BCUT2D eigenvalue weighted by Crippen LogP contribution is -2.47. The van der Waals surface area contributed by atoms with E-state index in [-0.39, 0.29) is 6.42 Å². The van der Waals surface area contributed by atoms with Gasteiger partial charge in [-0.05, 0) is 65.3 Å². The van der Waals surface area contributed by atoms with Crippen LogP contribution >= 0.6 is 0 Å². The van der Waals surface area contributed by atoms with Crippen molar-refractivity contribution in [1.82, 2.24) is 5.32 Å². The van der Waals surface area contributed by atoms with Crippen molar-refractivity contribution in [3.63, 3.8) is 0 Å². The third-order valence-electron chi connectivity index (χ3n) is 3.11. The second-order valence-electron chi connectivity index (χ2n) is 8.01. The number of nitrogen functional groups attached to an aromatic ring is 1. The van der Waals surface area contributed by atoms with Gasteiger partial charge in [-0.25, -0.2) is 9.59 Å². The molecule has 7 nitrogen and oxygen atoms in total. The molecule has 0 aromatic heterocycles. The van der Waals surface area contributed by atoms with E-state index in [1.54, 1.807) is 59.7 Å². The van der Waals surface area contributed by atoms with Crippen LogP contribution in [0.25, 0.3) is 0 Å². The highest BCUT2D eigenvalue weighted by Crippen LogP contribution is 2.23. The van der Waals surface area contributed by atoms with Crippen molar-refractivity contribution < 1.29 is 23.8 Å². The predicted octanol–water partition coefficient (Wildman–Crippen LogP) is 3.05. The van der Waals surface area contributed by atoms with Crippen LogP contribution in [0.15, 0.2) is 18.2 Å². The third-order valence-corrected chi connectivity index (χ3v) is 3.11. The van der Waals surface area contributed by atoms with E-state index in [1.807, 2.05) is 0 Å². The second-order valence-corrected chi connectivity index (χ2v) is 8.01. The minimum atomic E-state index is -0.945. The van der Waals surface area contributed by atoms with Gasteiger partial charge in [0.1, 0.15) is 23.0 Å². The number of benzene rings is 1. The molecule has 1 aromatic rings. The van der Waals surface area contributed by atoms with Gasteiger partial charge in [0.05, 0.1) is 7.11 Å². The average Bonchev–Trinajstić information content (AvgIpc) is 2.43. The summed E-state index contributed by atoms with van der Waals surface area (Å²) in [7, 11) is 1.53. The first kappa shape index (κ1) is 21.6. The van der Waals surface area contributed by atoms with Gasteiger partial charge in [-0.1, -0.05) is 0 Å². The molecule has 0 spiro atoms. The highest BCUT2D eigenvalue weighted by atomic mass is 16.6. The van der Waals surface area contributed by atoms with E-state index in [4.69, 9.17) is 19.9 Å². The fourth-order valence-electron chi connectivity index (χ4n) is 2.19. The standard InChI is InChI=1S/C19H30N2O5/c1-18(2,3)25-16(22)14(21-17(23)26-19(4,5)6)11-12-10-13(20)8-9-15(12)24-7/h8-10,14H,11,20H2,1-7H3,(H,21,23)/t14-/m0/s1. The maximum Gasteiger partial charge on any atom is 0.408 e. The molecule has 1 amide bonds. The molecule has 0 aliphatic rings. The Kier molecular flexibility index (Phi) is 6.89. The smallest absolute Gasteiger partial charge is 0.408 e. The van der Waals surface area contributed by atoms with Crippen LogP contribution in [0, 0.1) is 0 Å². The maximum absolute atomic E-state index is 12.6. The summed E-state index contributed by atoms with van der Waals surface area (Å²) in [4.78, 5) is 24.7. The van der Waals surface area contributed by atoms with Crippen LogP contribution in [0.3, 0.4) is 0 Å². The number of ether oxygens (including phenoxy) is 3. The minimum Gasteiger partial charge on any atom is -0.496 e. The Balaban J connectivity index is 3.06. The molecule has 0 saturated carbocycles. The molecule has 146 valence electrons. The summed E-state index contributed by atoms with van der Waals surface area (Å²) in [5.41, 5.74) is 5.67. The summed E-state index contributed by atoms with van der Waals surface area (Å²) in [6, 6.07) is 4.17. The number of alkyl carbamates (subject to hydrolysis) is 1. The molecule has 7 heteroatoms. The van der Waals surface area contributed by atoms with Crippen LogP contribution in [0.5, 0.6) is 5.75 Å². The molecule has 0 bridgehead atoms. The zero-order valence-corrected chi connectivity index (χ0v) is 16.6. The molecule has 1 atom stereocenters. The van der Waals surface area contributed by atoms with Crippen LogP contribution in [0.1, 0.15) is 47.1 Å². The summed E-state index contributed by atoms with van der Waals surface area (Å²) in [5.74, 6) is 0.00610. The molecule has 1 aromatic carbocycles. The highest BCUT2D eigenvalue weighted by molar-refractivity contribution is 5.82. The van der Waals surface area contributed by atoms with Crippen molar-refractivity contribution in [2.24, 2.45) is 0 Å². The van der Waals surface area contributed by atoms with Gasteiger partial charge < -0.3 is 25.3 Å². The Bertz CT molecular complexity index is 644. The molecule has 0 aliphatic carbocycles. The number of nitrogens with one attached hydrogen (secondary N) is 1. The molecular weight excluding hydrogens is 336 g/mol. The van der Waals surface area contributed by atoms with E-state index < -0.39 is 29.3 Å². The molecular formula is C19H30N2O5. The van der Waals surface area contributed by atoms with Crippen molar-refractivity contribution in [2.45, 2.75) is 65.2 Å². The zero-order valence-electron chi connectivity index (χ0n) is 16.6. The molecule has 0 unspecified atom stereocenters. The van der Waals surface area contributed by atoms with Crippen molar-refractivity contribution in [3.8, 4) is 5.75 Å². The molecule has 0 saturated heterocycles. The number of carbonyl (C=O) groups excluding carboxylic acids is 2. The van der Waals surface area contributed by atoms with E-state index in [2.05, 4.69) is 5.32 Å². The van der Waals surface area contributed by atoms with E-state index in [1.165, 1.54) is 7.11 Å². The molecule has 26 heavy (non-hydrogen) atoms. The first-order valence-corrected chi connectivity index (χ1v) is 8.45. The fraction of sp³-hybridized carbons (Fsp3) is 0.579. The molecule has 1 rings (SSSR count). The lowest BCUT2D eigenvalue weighted by molar-refractivity contribution is -0.157. The van der Waals surface area contributed by atoms with Gasteiger partial charge >= 0.3 is 12.1 Å². The van der Waals surface area contributed by atoms with Gasteiger partial charge in [0.15, 0.2) is 0 Å². The number of amides is 1. The molecule has 0 aliphatic heterocycles. The number of esters is 1. The van der Waals surface area contributed by atoms with Gasteiger partial charge in [0.2, 0.25) is 0 Å². The SMILES string of the molecule is COc1ccc(N)cc1C[C@H](NC(=O)OC(C)(C)C)C(=O)OC(C)(C)C. The Morgan fingerprint density at radius 2 is 1.65 bits per heavy atom. The normalized spacial score (nSPS) is 12.9. The number of anilines is 1. The number of hydrogen-bond donors (Lipinski definition) is 2. The average molecular weight is 366 g/mol. The van der Waals surface area contributed by atoms with Crippen LogP contribution < -0.4 is 15.8 Å². The first-order chi connectivity index (χ1) is 11.8. The zero-order chi connectivity index (χ0) is 20.1. The number of methoxy groups -OCH3 is 1. The summed E-state index contributed by atoms with van der Waals surface area (Å²) >= 11 is 0. The molecule has 0 radical (unpaired) electrons. The summed E-state index contributed by atoms with van der Waals surface area (Å²) < 4.78 is 16.0. The van der Waals surface area contributed by atoms with Crippen molar-refractivity contribution >= 4 is 17.7 Å². The van der Waals surface area contributed by atoms with E-state index >= 15 is 0 Å². The monoisotopic (exact) mass is 366 g/mol. The van der Waals surface area contributed by atoms with E-state index in [9.17, 15) is 9.59 Å². The maximum atomic E-state index is 12.6. The van der Waals surface area contributed by atoms with Crippen molar-refractivity contribution in [3.05, 3.63) is 23.8 Å². The predicted molar refractivity (Wildman–Crippen MR) is 100 cm³/mol. The topological polar surface area (TPSA) is 99.9 Å². The number of rotatable bonds is 5. The van der Waals surface area contributed by atoms with Crippen molar-refractivity contribution in [1.29, 1.82) is 0 Å². The largest absolute Gasteiger partial charge is 0.496 e. The van der Waals surface area contributed by atoms with Gasteiger partial charge in [0.25, 0.3) is 0 Å². The lowest BCUT2D eigenvalue weighted by Gasteiger charge is -2.26. The number of hydrogen-bond acceptors (Lipinski definition) is 6. The van der Waals surface area contributed by atoms with Crippen LogP contribution in [-0.2, 0) is 20.7 Å².